The number of carbonyl (C=O) groups is 2. The molecule has 1 amide bonds. The van der Waals surface area contributed by atoms with Gasteiger partial charge in [-0.05, 0) is 19.1 Å². The van der Waals surface area contributed by atoms with Crippen molar-refractivity contribution in [1.82, 2.24) is 15.3 Å². The number of carboxylic acids is 1. The van der Waals surface area contributed by atoms with E-state index in [0.29, 0.717) is 11.3 Å². The first-order valence-electron chi connectivity index (χ1n) is 6.14. The van der Waals surface area contributed by atoms with E-state index in [1.807, 2.05) is 6.92 Å². The molecular formula is C14H15N3O3. The van der Waals surface area contributed by atoms with Gasteiger partial charge < -0.3 is 15.4 Å². The van der Waals surface area contributed by atoms with Gasteiger partial charge in [-0.25, -0.2) is 9.78 Å². The molecule has 6 nitrogen and oxygen atoms in total. The van der Waals surface area contributed by atoms with Crippen LogP contribution in [0.25, 0.3) is 0 Å². The number of amides is 1. The summed E-state index contributed by atoms with van der Waals surface area (Å²) in [5, 5.41) is 11.7. The highest BCUT2D eigenvalue weighted by Gasteiger charge is 2.21. The van der Waals surface area contributed by atoms with E-state index in [0.717, 1.165) is 5.56 Å². The molecule has 0 radical (unpaired) electrons. The third-order valence-electron chi connectivity index (χ3n) is 2.90. The van der Waals surface area contributed by atoms with Crippen molar-refractivity contribution in [1.29, 1.82) is 0 Å². The highest BCUT2D eigenvalue weighted by atomic mass is 16.4. The number of aliphatic carboxylic acids is 1. The minimum atomic E-state index is -1.08. The smallest absolute Gasteiger partial charge is 0.326 e. The van der Waals surface area contributed by atoms with Crippen LogP contribution in [0, 0.1) is 6.92 Å². The van der Waals surface area contributed by atoms with Crippen LogP contribution in [-0.2, 0) is 11.2 Å². The van der Waals surface area contributed by atoms with Gasteiger partial charge in [-0.15, -0.1) is 0 Å². The normalized spacial score (nSPS) is 11.8. The molecule has 0 aliphatic carbocycles. The summed E-state index contributed by atoms with van der Waals surface area (Å²) in [5.74, 6) is -1.49. The van der Waals surface area contributed by atoms with Gasteiger partial charge in [-0.2, -0.15) is 0 Å². The van der Waals surface area contributed by atoms with Crippen LogP contribution in [-0.4, -0.2) is 33.0 Å². The number of H-pyrrole nitrogens is 1. The Labute approximate surface area is 115 Å². The molecule has 2 rings (SSSR count). The number of aromatic amines is 1. The molecule has 0 saturated heterocycles. The Bertz CT molecular complexity index is 591. The Balaban J connectivity index is 2.06. The molecule has 2 aromatic rings. The molecule has 0 bridgehead atoms. The molecule has 1 aromatic heterocycles. The summed E-state index contributed by atoms with van der Waals surface area (Å²) in [6, 6.07) is 5.95. The zero-order chi connectivity index (χ0) is 14.5. The molecule has 104 valence electrons. The first-order chi connectivity index (χ1) is 9.56. The lowest BCUT2D eigenvalue weighted by Crippen LogP contribution is -2.42. The zero-order valence-electron chi connectivity index (χ0n) is 11.0. The standard InChI is InChI=1S/C14H15N3O3/c1-9-2-4-10(5-3-9)13(18)17-12(14(19)20)6-11-7-15-8-16-11/h2-5,7-8,12H,6H2,1H3,(H,15,16)(H,17,18)(H,19,20)/t12-/m1/s1. The van der Waals surface area contributed by atoms with Gasteiger partial charge in [0.05, 0.1) is 6.33 Å². The van der Waals surface area contributed by atoms with Crippen molar-refractivity contribution in [2.45, 2.75) is 19.4 Å². The Morgan fingerprint density at radius 2 is 2.05 bits per heavy atom. The van der Waals surface area contributed by atoms with Crippen molar-refractivity contribution in [3.8, 4) is 0 Å². The molecule has 0 unspecified atom stereocenters. The van der Waals surface area contributed by atoms with Gasteiger partial charge in [-0.3, -0.25) is 4.79 Å². The summed E-state index contributed by atoms with van der Waals surface area (Å²) in [7, 11) is 0. The fourth-order valence-corrected chi connectivity index (χ4v) is 1.76. The molecule has 1 aromatic carbocycles. The van der Waals surface area contributed by atoms with Gasteiger partial charge in [-0.1, -0.05) is 17.7 Å². The van der Waals surface area contributed by atoms with Crippen LogP contribution in [0.15, 0.2) is 36.8 Å². The van der Waals surface area contributed by atoms with Crippen LogP contribution < -0.4 is 5.32 Å². The fourth-order valence-electron chi connectivity index (χ4n) is 1.76. The average molecular weight is 273 g/mol. The van der Waals surface area contributed by atoms with Crippen LogP contribution >= 0.6 is 0 Å². The number of nitrogens with zero attached hydrogens (tertiary/aromatic N) is 1. The second kappa shape index (κ2) is 6.01. The second-order valence-electron chi connectivity index (χ2n) is 4.51. The van der Waals surface area contributed by atoms with Crippen LogP contribution in [0.4, 0.5) is 0 Å². The summed E-state index contributed by atoms with van der Waals surface area (Å²) >= 11 is 0. The molecule has 0 aliphatic heterocycles. The molecule has 3 N–H and O–H groups in total. The molecular weight excluding hydrogens is 258 g/mol. The minimum absolute atomic E-state index is 0.160. The Hall–Kier alpha value is -2.63. The lowest BCUT2D eigenvalue weighted by atomic mass is 10.1. The highest BCUT2D eigenvalue weighted by Crippen LogP contribution is 2.05. The van der Waals surface area contributed by atoms with E-state index in [9.17, 15) is 9.59 Å². The van der Waals surface area contributed by atoms with Crippen LogP contribution in [0.5, 0.6) is 0 Å². The van der Waals surface area contributed by atoms with Crippen molar-refractivity contribution in [3.63, 3.8) is 0 Å². The van der Waals surface area contributed by atoms with Gasteiger partial charge in [0, 0.05) is 23.9 Å². The van der Waals surface area contributed by atoms with E-state index < -0.39 is 17.9 Å². The molecule has 1 heterocycles. The van der Waals surface area contributed by atoms with E-state index in [-0.39, 0.29) is 6.42 Å². The Kier molecular flexibility index (Phi) is 4.14. The van der Waals surface area contributed by atoms with Gasteiger partial charge in [0.15, 0.2) is 0 Å². The maximum absolute atomic E-state index is 12.0. The Morgan fingerprint density at radius 1 is 1.35 bits per heavy atom. The molecule has 6 heteroatoms. The molecule has 0 spiro atoms. The summed E-state index contributed by atoms with van der Waals surface area (Å²) in [6.07, 6.45) is 3.16. The van der Waals surface area contributed by atoms with Crippen LogP contribution in [0.3, 0.4) is 0 Å². The number of aryl methyl sites for hydroxylation is 1. The fraction of sp³-hybridized carbons (Fsp3) is 0.214. The van der Waals surface area contributed by atoms with Crippen LogP contribution in [0.2, 0.25) is 0 Å². The number of carboxylic acid groups (broad SMARTS) is 1. The molecule has 0 saturated carbocycles. The van der Waals surface area contributed by atoms with E-state index in [4.69, 9.17) is 5.11 Å². The number of aromatic nitrogens is 2. The number of imidazole rings is 1. The van der Waals surface area contributed by atoms with Gasteiger partial charge in [0.2, 0.25) is 0 Å². The van der Waals surface area contributed by atoms with Crippen molar-refractivity contribution < 1.29 is 14.7 Å². The lowest BCUT2D eigenvalue weighted by Gasteiger charge is -2.13. The summed E-state index contributed by atoms with van der Waals surface area (Å²) in [4.78, 5) is 29.8. The number of benzene rings is 1. The number of hydrogen-bond donors (Lipinski definition) is 3. The van der Waals surface area contributed by atoms with Crippen molar-refractivity contribution in [2.24, 2.45) is 0 Å². The van der Waals surface area contributed by atoms with Crippen molar-refractivity contribution in [2.75, 3.05) is 0 Å². The van der Waals surface area contributed by atoms with E-state index >= 15 is 0 Å². The molecule has 20 heavy (non-hydrogen) atoms. The summed E-state index contributed by atoms with van der Waals surface area (Å²) in [5.41, 5.74) is 2.13. The van der Waals surface area contributed by atoms with Gasteiger partial charge >= 0.3 is 5.97 Å². The van der Waals surface area contributed by atoms with Crippen molar-refractivity contribution in [3.05, 3.63) is 53.6 Å². The largest absolute Gasteiger partial charge is 0.480 e. The molecule has 1 atom stereocenters. The third kappa shape index (κ3) is 3.44. The average Bonchev–Trinajstić information content (AvgIpc) is 2.91. The predicted molar refractivity (Wildman–Crippen MR) is 72.4 cm³/mol. The van der Waals surface area contributed by atoms with E-state index in [1.165, 1.54) is 12.5 Å². The summed E-state index contributed by atoms with van der Waals surface area (Å²) < 4.78 is 0. The predicted octanol–water partition coefficient (Wildman–Crippen LogP) is 1.14. The number of nitrogens with one attached hydrogen (secondary N) is 2. The second-order valence-corrected chi connectivity index (χ2v) is 4.51. The van der Waals surface area contributed by atoms with E-state index in [1.54, 1.807) is 24.3 Å². The molecule has 0 aliphatic rings. The number of carbonyl (C=O) groups excluding carboxylic acids is 1. The third-order valence-corrected chi connectivity index (χ3v) is 2.90. The topological polar surface area (TPSA) is 95.1 Å². The first-order valence-corrected chi connectivity index (χ1v) is 6.14. The number of rotatable bonds is 5. The number of hydrogen-bond acceptors (Lipinski definition) is 3. The van der Waals surface area contributed by atoms with Gasteiger partial charge in [0.1, 0.15) is 6.04 Å². The molecule has 0 fully saturated rings. The quantitative estimate of drug-likeness (QED) is 0.761. The maximum atomic E-state index is 12.0. The zero-order valence-corrected chi connectivity index (χ0v) is 11.0. The minimum Gasteiger partial charge on any atom is -0.480 e. The van der Waals surface area contributed by atoms with E-state index in [2.05, 4.69) is 15.3 Å². The maximum Gasteiger partial charge on any atom is 0.326 e. The highest BCUT2D eigenvalue weighted by molar-refractivity contribution is 5.96. The van der Waals surface area contributed by atoms with Gasteiger partial charge in [0.25, 0.3) is 5.91 Å². The summed E-state index contributed by atoms with van der Waals surface area (Å²) in [6.45, 7) is 1.92. The van der Waals surface area contributed by atoms with Crippen LogP contribution in [0.1, 0.15) is 21.6 Å². The Morgan fingerprint density at radius 3 is 2.60 bits per heavy atom. The SMILES string of the molecule is Cc1ccc(C(=O)N[C@H](Cc2cnc[nH]2)C(=O)O)cc1. The van der Waals surface area contributed by atoms with Crippen molar-refractivity contribution >= 4 is 11.9 Å². The monoisotopic (exact) mass is 273 g/mol. The lowest BCUT2D eigenvalue weighted by molar-refractivity contribution is -0.139. The first kappa shape index (κ1) is 13.8.